The molecule has 0 saturated carbocycles. The lowest BCUT2D eigenvalue weighted by Crippen LogP contribution is -2.14. The minimum Gasteiger partial charge on any atom is -0.316 e. The quantitative estimate of drug-likeness (QED) is 0.881. The van der Waals surface area contributed by atoms with Gasteiger partial charge in [0.05, 0.1) is 10.6 Å². The summed E-state index contributed by atoms with van der Waals surface area (Å²) in [4.78, 5) is 3.82. The van der Waals surface area contributed by atoms with Crippen LogP contribution in [-0.2, 0) is 16.6 Å². The molecule has 0 atom stereocenters. The van der Waals surface area contributed by atoms with Gasteiger partial charge in [-0.1, -0.05) is 0 Å². The highest BCUT2D eigenvalue weighted by Crippen LogP contribution is 2.18. The van der Waals surface area contributed by atoms with Crippen LogP contribution in [0.15, 0.2) is 47.6 Å². The monoisotopic (exact) mass is 295 g/mol. The van der Waals surface area contributed by atoms with Crippen LogP contribution in [0.4, 0.5) is 10.1 Å². The topological polar surface area (TPSA) is 71.1 Å². The van der Waals surface area contributed by atoms with Gasteiger partial charge in [0, 0.05) is 24.5 Å². The molecular weight excluding hydrogens is 281 g/mol. The van der Waals surface area contributed by atoms with Crippen LogP contribution in [0.5, 0.6) is 0 Å². The Labute approximate surface area is 116 Å². The highest BCUT2D eigenvalue weighted by molar-refractivity contribution is 7.92. The predicted octanol–water partition coefficient (Wildman–Crippen LogP) is 1.74. The Hall–Kier alpha value is -1.99. The van der Waals surface area contributed by atoms with Gasteiger partial charge in [-0.25, -0.2) is 12.8 Å². The summed E-state index contributed by atoms with van der Waals surface area (Å²) >= 11 is 0. The lowest BCUT2D eigenvalue weighted by molar-refractivity contribution is 0.592. The van der Waals surface area contributed by atoms with Crippen molar-refractivity contribution >= 4 is 15.7 Å². The van der Waals surface area contributed by atoms with Crippen LogP contribution in [0.3, 0.4) is 0 Å². The molecule has 0 aliphatic rings. The van der Waals surface area contributed by atoms with E-state index in [0.717, 1.165) is 6.07 Å². The number of nitrogens with zero attached hydrogens (tertiary/aromatic N) is 1. The number of benzene rings is 1. The minimum absolute atomic E-state index is 0.0148. The van der Waals surface area contributed by atoms with Crippen molar-refractivity contribution < 1.29 is 12.8 Å². The molecule has 0 fully saturated rings. The molecule has 2 aromatic rings. The fourth-order valence-electron chi connectivity index (χ4n) is 1.68. The average Bonchev–Trinajstić information content (AvgIpc) is 2.42. The van der Waals surface area contributed by atoms with Crippen LogP contribution >= 0.6 is 0 Å². The Kier molecular flexibility index (Phi) is 4.31. The maximum Gasteiger partial charge on any atom is 0.261 e. The summed E-state index contributed by atoms with van der Waals surface area (Å²) in [6.45, 7) is 0.254. The molecule has 0 amide bonds. The summed E-state index contributed by atoms with van der Waals surface area (Å²) in [7, 11) is -2.08. The van der Waals surface area contributed by atoms with Crippen molar-refractivity contribution in [3.8, 4) is 0 Å². The summed E-state index contributed by atoms with van der Waals surface area (Å²) < 4.78 is 40.3. The maximum absolute atomic E-state index is 13.5. The van der Waals surface area contributed by atoms with Crippen molar-refractivity contribution in [3.05, 3.63) is 54.1 Å². The largest absolute Gasteiger partial charge is 0.316 e. The summed E-state index contributed by atoms with van der Waals surface area (Å²) in [5.41, 5.74) is 0.699. The molecule has 0 spiro atoms. The van der Waals surface area contributed by atoms with Crippen molar-refractivity contribution in [2.24, 2.45) is 0 Å². The number of rotatable bonds is 5. The zero-order chi connectivity index (χ0) is 14.6. The number of aromatic nitrogens is 1. The number of hydrogen-bond acceptors (Lipinski definition) is 4. The SMILES string of the molecule is CNCc1cc(S(=O)(=O)Nc2ccncc2)ccc1F. The molecule has 2 rings (SSSR count). The van der Waals surface area contributed by atoms with E-state index < -0.39 is 15.8 Å². The second kappa shape index (κ2) is 5.98. The van der Waals surface area contributed by atoms with Crippen LogP contribution in [0.25, 0.3) is 0 Å². The van der Waals surface area contributed by atoms with Crippen LogP contribution < -0.4 is 10.0 Å². The molecule has 106 valence electrons. The van der Waals surface area contributed by atoms with Gasteiger partial charge in [0.15, 0.2) is 0 Å². The number of anilines is 1. The van der Waals surface area contributed by atoms with Crippen molar-refractivity contribution in [1.82, 2.24) is 10.3 Å². The summed E-state index contributed by atoms with van der Waals surface area (Å²) in [5, 5.41) is 2.79. The van der Waals surface area contributed by atoms with Gasteiger partial charge in [0.25, 0.3) is 10.0 Å². The first-order valence-electron chi connectivity index (χ1n) is 5.89. The van der Waals surface area contributed by atoms with Crippen molar-refractivity contribution in [2.45, 2.75) is 11.4 Å². The predicted molar refractivity (Wildman–Crippen MR) is 74.2 cm³/mol. The average molecular weight is 295 g/mol. The Morgan fingerprint density at radius 3 is 2.55 bits per heavy atom. The summed E-state index contributed by atoms with van der Waals surface area (Å²) in [6, 6.07) is 6.77. The molecule has 20 heavy (non-hydrogen) atoms. The van der Waals surface area contributed by atoms with Crippen molar-refractivity contribution in [2.75, 3.05) is 11.8 Å². The third kappa shape index (κ3) is 3.31. The summed E-state index contributed by atoms with van der Waals surface area (Å²) in [5.74, 6) is -0.442. The lowest BCUT2D eigenvalue weighted by Gasteiger charge is -2.10. The van der Waals surface area contributed by atoms with Gasteiger partial charge >= 0.3 is 0 Å². The molecule has 7 heteroatoms. The van der Waals surface area contributed by atoms with Crippen LogP contribution in [-0.4, -0.2) is 20.4 Å². The van der Waals surface area contributed by atoms with E-state index in [1.807, 2.05) is 0 Å². The van der Waals surface area contributed by atoms with Gasteiger partial charge in [-0.2, -0.15) is 0 Å². The van der Waals surface area contributed by atoms with Gasteiger partial charge in [0.2, 0.25) is 0 Å². The van der Waals surface area contributed by atoms with E-state index in [2.05, 4.69) is 15.0 Å². The Bertz CT molecular complexity index is 690. The zero-order valence-electron chi connectivity index (χ0n) is 10.8. The number of nitrogens with one attached hydrogen (secondary N) is 2. The van der Waals surface area contributed by atoms with Gasteiger partial charge in [-0.15, -0.1) is 0 Å². The maximum atomic E-state index is 13.5. The second-order valence-corrected chi connectivity index (χ2v) is 5.81. The van der Waals surface area contributed by atoms with Crippen LogP contribution in [0, 0.1) is 5.82 Å². The smallest absolute Gasteiger partial charge is 0.261 e. The normalized spacial score (nSPS) is 11.3. The van der Waals surface area contributed by atoms with E-state index in [-0.39, 0.29) is 11.4 Å². The van der Waals surface area contributed by atoms with E-state index >= 15 is 0 Å². The molecule has 5 nitrogen and oxygen atoms in total. The van der Waals surface area contributed by atoms with Gasteiger partial charge in [0.1, 0.15) is 5.82 Å². The highest BCUT2D eigenvalue weighted by atomic mass is 32.2. The van der Waals surface area contributed by atoms with Crippen LogP contribution in [0.1, 0.15) is 5.56 Å². The van der Waals surface area contributed by atoms with Crippen LogP contribution in [0.2, 0.25) is 0 Å². The first-order valence-corrected chi connectivity index (χ1v) is 7.37. The van der Waals surface area contributed by atoms with Crippen molar-refractivity contribution in [1.29, 1.82) is 0 Å². The third-order valence-electron chi connectivity index (χ3n) is 2.63. The zero-order valence-corrected chi connectivity index (χ0v) is 11.6. The van der Waals surface area contributed by atoms with E-state index in [9.17, 15) is 12.8 Å². The number of halogens is 1. The van der Waals surface area contributed by atoms with E-state index in [4.69, 9.17) is 0 Å². The number of sulfonamides is 1. The molecule has 0 radical (unpaired) electrons. The van der Waals surface area contributed by atoms with E-state index in [1.54, 1.807) is 7.05 Å². The number of hydrogen-bond donors (Lipinski definition) is 2. The second-order valence-electron chi connectivity index (χ2n) is 4.12. The molecule has 0 saturated heterocycles. The van der Waals surface area contributed by atoms with Gasteiger partial charge < -0.3 is 5.32 Å². The molecule has 0 unspecified atom stereocenters. The lowest BCUT2D eigenvalue weighted by atomic mass is 10.2. The Balaban J connectivity index is 2.32. The van der Waals surface area contributed by atoms with E-state index in [1.165, 1.54) is 36.7 Å². The van der Waals surface area contributed by atoms with E-state index in [0.29, 0.717) is 11.3 Å². The molecule has 1 heterocycles. The molecule has 0 aliphatic heterocycles. The van der Waals surface area contributed by atoms with Crippen molar-refractivity contribution in [3.63, 3.8) is 0 Å². The standard InChI is InChI=1S/C13H14FN3O2S/c1-15-9-10-8-12(2-3-13(10)14)20(18,19)17-11-4-6-16-7-5-11/h2-8,15H,9H2,1H3,(H,16,17). The fourth-order valence-corrected chi connectivity index (χ4v) is 2.79. The van der Waals surface area contributed by atoms with Gasteiger partial charge in [-0.3, -0.25) is 9.71 Å². The Morgan fingerprint density at radius 1 is 1.20 bits per heavy atom. The van der Waals surface area contributed by atoms with Gasteiger partial charge in [-0.05, 0) is 37.4 Å². The molecule has 1 aromatic heterocycles. The Morgan fingerprint density at radius 2 is 1.90 bits per heavy atom. The molecule has 0 bridgehead atoms. The highest BCUT2D eigenvalue weighted by Gasteiger charge is 2.16. The first kappa shape index (κ1) is 14.4. The molecule has 1 aromatic carbocycles. The summed E-state index contributed by atoms with van der Waals surface area (Å²) in [6.07, 6.45) is 2.96. The third-order valence-corrected chi connectivity index (χ3v) is 4.01. The number of pyridine rings is 1. The molecular formula is C13H14FN3O2S. The first-order chi connectivity index (χ1) is 9.53. The molecule has 2 N–H and O–H groups in total. The fraction of sp³-hybridized carbons (Fsp3) is 0.154. The molecule has 0 aliphatic carbocycles. The minimum atomic E-state index is -3.74.